The van der Waals surface area contributed by atoms with Crippen molar-refractivity contribution in [2.24, 2.45) is 11.1 Å². The first-order valence-electron chi connectivity index (χ1n) is 12.3. The maximum absolute atomic E-state index is 12.4. The number of nitrogens with two attached hydrogens (primary N) is 1. The van der Waals surface area contributed by atoms with Gasteiger partial charge in [0.1, 0.15) is 17.6 Å². The lowest BCUT2D eigenvalue weighted by atomic mass is 9.86. The van der Waals surface area contributed by atoms with E-state index in [1.165, 1.54) is 5.56 Å². The third-order valence-electron chi connectivity index (χ3n) is 6.19. The molecule has 0 aromatic heterocycles. The molecule has 2 aromatic rings. The summed E-state index contributed by atoms with van der Waals surface area (Å²) in [4.78, 5) is 34.8. The highest BCUT2D eigenvalue weighted by molar-refractivity contribution is 5.77. The molecule has 3 N–H and O–H groups in total. The van der Waals surface area contributed by atoms with E-state index < -0.39 is 0 Å². The Labute approximate surface area is 213 Å². The van der Waals surface area contributed by atoms with Gasteiger partial charge in [-0.25, -0.2) is 4.79 Å². The number of rotatable bonds is 5. The summed E-state index contributed by atoms with van der Waals surface area (Å²) in [5, 5.41) is 2.59. The summed E-state index contributed by atoms with van der Waals surface area (Å²) in [5.74, 6) is 0.615. The quantitative estimate of drug-likeness (QED) is 0.611. The molecule has 0 aliphatic carbocycles. The second-order valence-electron chi connectivity index (χ2n) is 10.6. The van der Waals surface area contributed by atoms with Crippen molar-refractivity contribution in [2.75, 3.05) is 33.3 Å². The molecule has 2 amide bonds. The zero-order valence-corrected chi connectivity index (χ0v) is 21.6. The van der Waals surface area contributed by atoms with Gasteiger partial charge < -0.3 is 25.4 Å². The number of ether oxygens (including phenoxy) is 2. The fraction of sp³-hybridized carbons (Fsp3) is 0.464. The molecule has 0 atom stereocenters. The van der Waals surface area contributed by atoms with Gasteiger partial charge in [-0.2, -0.15) is 0 Å². The Balaban J connectivity index is 0.000000538. The molecular weight excluding hydrogens is 458 g/mol. The highest BCUT2D eigenvalue weighted by Gasteiger charge is 2.43. The van der Waals surface area contributed by atoms with Crippen LogP contribution in [0.2, 0.25) is 0 Å². The van der Waals surface area contributed by atoms with Gasteiger partial charge in [0.15, 0.2) is 0 Å². The number of amides is 2. The third kappa shape index (κ3) is 7.31. The van der Waals surface area contributed by atoms with Gasteiger partial charge in [-0.1, -0.05) is 51.1 Å². The average molecular weight is 496 g/mol. The van der Waals surface area contributed by atoms with Crippen LogP contribution in [0.5, 0.6) is 5.75 Å². The van der Waals surface area contributed by atoms with Gasteiger partial charge in [0, 0.05) is 37.9 Å². The normalized spacial score (nSPS) is 15.8. The van der Waals surface area contributed by atoms with E-state index in [1.807, 2.05) is 30.3 Å². The zero-order valence-electron chi connectivity index (χ0n) is 21.6. The van der Waals surface area contributed by atoms with Crippen LogP contribution in [-0.2, 0) is 16.0 Å². The second kappa shape index (κ2) is 11.6. The maximum Gasteiger partial charge on any atom is 0.409 e. The van der Waals surface area contributed by atoms with E-state index in [4.69, 9.17) is 15.2 Å². The summed E-state index contributed by atoms with van der Waals surface area (Å²) in [6.07, 6.45) is 3.09. The molecule has 8 heteroatoms. The first-order chi connectivity index (χ1) is 17.0. The van der Waals surface area contributed by atoms with E-state index in [9.17, 15) is 14.4 Å². The lowest BCUT2D eigenvalue weighted by molar-refractivity contribution is -0.117. The van der Waals surface area contributed by atoms with E-state index in [1.54, 1.807) is 11.9 Å². The number of nitrogens with zero attached hydrogens (tertiary/aromatic N) is 1. The smallest absolute Gasteiger partial charge is 0.409 e. The highest BCUT2D eigenvalue weighted by atomic mass is 16.6. The van der Waals surface area contributed by atoms with Crippen LogP contribution in [0.1, 0.15) is 49.5 Å². The molecule has 194 valence electrons. The second-order valence-corrected chi connectivity index (χ2v) is 10.6. The predicted molar refractivity (Wildman–Crippen MR) is 139 cm³/mol. The number of hydrogen-bond acceptors (Lipinski definition) is 6. The first-order valence-corrected chi connectivity index (χ1v) is 12.3. The standard InChI is InChI=1S/C25H29NO4.C3H8N2O/c1-24(2,3)17-29-23(28)26-12-10-25(11-13-26)15-21-14-20(8-9-22(21)30-25)19-6-4-18(16-27)5-7-19;1-5-2-3(4)6/h4-9,14,16H,10-13,15,17H2,1-3H3;5H,2H2,1H3,(H2,4,6). The monoisotopic (exact) mass is 495 g/mol. The molecule has 0 bridgehead atoms. The minimum atomic E-state index is -0.322. The van der Waals surface area contributed by atoms with Crippen molar-refractivity contribution in [1.29, 1.82) is 0 Å². The lowest BCUT2D eigenvalue weighted by Crippen LogP contribution is -2.49. The molecule has 2 heterocycles. The fourth-order valence-corrected chi connectivity index (χ4v) is 4.29. The number of nitrogens with one attached hydrogen (secondary N) is 1. The van der Waals surface area contributed by atoms with Crippen LogP contribution in [0.15, 0.2) is 42.5 Å². The predicted octanol–water partition coefficient (Wildman–Crippen LogP) is 3.81. The zero-order chi connectivity index (χ0) is 26.3. The molecule has 1 saturated heterocycles. The number of likely N-dealkylation sites (tertiary alicyclic amines) is 1. The van der Waals surface area contributed by atoms with Crippen molar-refractivity contribution < 1.29 is 23.9 Å². The molecule has 8 nitrogen and oxygen atoms in total. The number of benzene rings is 2. The van der Waals surface area contributed by atoms with Crippen LogP contribution < -0.4 is 15.8 Å². The molecule has 1 spiro atoms. The molecule has 2 aromatic carbocycles. The molecule has 0 unspecified atom stereocenters. The van der Waals surface area contributed by atoms with Crippen LogP contribution in [-0.4, -0.2) is 62.1 Å². The Morgan fingerprint density at radius 3 is 2.28 bits per heavy atom. The van der Waals surface area contributed by atoms with Gasteiger partial charge in [-0.15, -0.1) is 0 Å². The Morgan fingerprint density at radius 1 is 1.11 bits per heavy atom. The largest absolute Gasteiger partial charge is 0.487 e. The molecular formula is C28H37N3O5. The van der Waals surface area contributed by atoms with Gasteiger partial charge in [-0.3, -0.25) is 9.59 Å². The van der Waals surface area contributed by atoms with Gasteiger partial charge in [0.2, 0.25) is 5.91 Å². The number of primary amides is 1. The van der Waals surface area contributed by atoms with Crippen LogP contribution in [0.4, 0.5) is 4.79 Å². The number of hydrogen-bond donors (Lipinski definition) is 2. The van der Waals surface area contributed by atoms with Crippen molar-refractivity contribution in [3.8, 4) is 16.9 Å². The van der Waals surface area contributed by atoms with E-state index in [0.717, 1.165) is 42.4 Å². The lowest BCUT2D eigenvalue weighted by Gasteiger charge is -2.38. The number of piperidine rings is 1. The Hall–Kier alpha value is -3.39. The molecule has 4 rings (SSSR count). The summed E-state index contributed by atoms with van der Waals surface area (Å²) in [6.45, 7) is 8.15. The van der Waals surface area contributed by atoms with Crippen molar-refractivity contribution in [2.45, 2.75) is 45.6 Å². The van der Waals surface area contributed by atoms with Crippen molar-refractivity contribution in [1.82, 2.24) is 10.2 Å². The van der Waals surface area contributed by atoms with Crippen LogP contribution in [0, 0.1) is 5.41 Å². The highest BCUT2D eigenvalue weighted by Crippen LogP contribution is 2.42. The van der Waals surface area contributed by atoms with Gasteiger partial charge >= 0.3 is 6.09 Å². The van der Waals surface area contributed by atoms with Crippen molar-refractivity contribution in [3.63, 3.8) is 0 Å². The molecule has 2 aliphatic heterocycles. The van der Waals surface area contributed by atoms with Crippen molar-refractivity contribution in [3.05, 3.63) is 53.6 Å². The van der Waals surface area contributed by atoms with E-state index >= 15 is 0 Å². The van der Waals surface area contributed by atoms with E-state index in [2.05, 4.69) is 38.2 Å². The molecule has 0 radical (unpaired) electrons. The minimum absolute atomic E-state index is 0.0336. The van der Waals surface area contributed by atoms with E-state index in [0.29, 0.717) is 25.3 Å². The third-order valence-corrected chi connectivity index (χ3v) is 6.19. The SMILES string of the molecule is CC(C)(C)COC(=O)N1CCC2(CC1)Cc1cc(-c3ccc(C=O)cc3)ccc1O2.CNCC(N)=O. The Kier molecular flexibility index (Phi) is 8.74. The van der Waals surface area contributed by atoms with Crippen LogP contribution in [0.25, 0.3) is 11.1 Å². The molecule has 36 heavy (non-hydrogen) atoms. The number of carbonyl (C=O) groups excluding carboxylic acids is 3. The Morgan fingerprint density at radius 2 is 1.75 bits per heavy atom. The number of carbonyl (C=O) groups is 3. The summed E-state index contributed by atoms with van der Waals surface area (Å²) in [6, 6.07) is 13.9. The summed E-state index contributed by atoms with van der Waals surface area (Å²) in [7, 11) is 1.67. The fourth-order valence-electron chi connectivity index (χ4n) is 4.29. The summed E-state index contributed by atoms with van der Waals surface area (Å²) >= 11 is 0. The van der Waals surface area contributed by atoms with Crippen molar-refractivity contribution >= 4 is 18.3 Å². The van der Waals surface area contributed by atoms with E-state index in [-0.39, 0.29) is 29.6 Å². The molecule has 2 aliphatic rings. The number of aldehydes is 1. The average Bonchev–Trinajstić information content (AvgIpc) is 3.19. The Bertz CT molecular complexity index is 1070. The topological polar surface area (TPSA) is 111 Å². The van der Waals surface area contributed by atoms with Gasteiger partial charge in [0.25, 0.3) is 0 Å². The van der Waals surface area contributed by atoms with Gasteiger partial charge in [0.05, 0.1) is 13.2 Å². The van der Waals surface area contributed by atoms with Crippen LogP contribution >= 0.6 is 0 Å². The number of fused-ring (bicyclic) bond motifs is 1. The summed E-state index contributed by atoms with van der Waals surface area (Å²) in [5.41, 5.74) is 8.52. The maximum atomic E-state index is 12.4. The minimum Gasteiger partial charge on any atom is -0.487 e. The first kappa shape index (κ1) is 27.2. The summed E-state index contributed by atoms with van der Waals surface area (Å²) < 4.78 is 11.8. The number of likely N-dealkylation sites (N-methyl/N-ethyl adjacent to an activating group) is 1. The van der Waals surface area contributed by atoms with Gasteiger partial charge in [-0.05, 0) is 41.3 Å². The van der Waals surface area contributed by atoms with Crippen LogP contribution in [0.3, 0.4) is 0 Å². The molecule has 1 fully saturated rings. The molecule has 0 saturated carbocycles.